The number of carbonyl (C=O) groups excluding carboxylic acids is 1. The van der Waals surface area contributed by atoms with Crippen molar-refractivity contribution in [3.8, 4) is 0 Å². The summed E-state index contributed by atoms with van der Waals surface area (Å²) < 4.78 is 5.54. The molecule has 5 nitrogen and oxygen atoms in total. The lowest BCUT2D eigenvalue weighted by molar-refractivity contribution is 0.0499. The third-order valence-electron chi connectivity index (χ3n) is 4.78. The Hall–Kier alpha value is -3.08. The van der Waals surface area contributed by atoms with E-state index in [0.29, 0.717) is 0 Å². The van der Waals surface area contributed by atoms with E-state index >= 15 is 0 Å². The van der Waals surface area contributed by atoms with Gasteiger partial charge in [-0.2, -0.15) is 0 Å². The highest BCUT2D eigenvalue weighted by molar-refractivity contribution is 6.00. The Morgan fingerprint density at radius 1 is 1.03 bits per heavy atom. The summed E-state index contributed by atoms with van der Waals surface area (Å²) in [4.78, 5) is 17.6. The minimum atomic E-state index is -0.566. The van der Waals surface area contributed by atoms with Gasteiger partial charge in [-0.3, -0.25) is 0 Å². The van der Waals surface area contributed by atoms with Crippen LogP contribution in [0.1, 0.15) is 61.9 Å². The number of rotatable bonds is 4. The standard InChI is InChI=1S/C24H28N2O3/c1-16(26-28-5)18-11-8-9-13-20(18)21-15-14-17-10-6-7-12-19(17)22(21)25-23(27)29-24(2,3)4/h6-15,21-22H,1-5H3,(H,25,27)/b26-16+/t21-,22?/m1/s1. The molecule has 29 heavy (non-hydrogen) atoms. The van der Waals surface area contributed by atoms with Gasteiger partial charge in [0.1, 0.15) is 12.7 Å². The molecule has 0 aromatic heterocycles. The van der Waals surface area contributed by atoms with Gasteiger partial charge < -0.3 is 14.9 Å². The van der Waals surface area contributed by atoms with E-state index < -0.39 is 11.7 Å². The van der Waals surface area contributed by atoms with Crippen LogP contribution in [0, 0.1) is 0 Å². The van der Waals surface area contributed by atoms with Crippen LogP contribution in [0.3, 0.4) is 0 Å². The predicted molar refractivity (Wildman–Crippen MR) is 116 cm³/mol. The fourth-order valence-electron chi connectivity index (χ4n) is 3.65. The molecule has 3 rings (SSSR count). The van der Waals surface area contributed by atoms with Crippen LogP contribution in [0.25, 0.3) is 6.08 Å². The lowest BCUT2D eigenvalue weighted by Gasteiger charge is -2.33. The van der Waals surface area contributed by atoms with Gasteiger partial charge in [0.05, 0.1) is 11.8 Å². The third-order valence-corrected chi connectivity index (χ3v) is 4.78. The van der Waals surface area contributed by atoms with Crippen molar-refractivity contribution in [1.29, 1.82) is 0 Å². The molecule has 152 valence electrons. The first kappa shape index (κ1) is 20.6. The monoisotopic (exact) mass is 392 g/mol. The van der Waals surface area contributed by atoms with Crippen LogP contribution < -0.4 is 5.32 Å². The molecule has 1 unspecified atom stereocenters. The molecule has 0 spiro atoms. The molecule has 1 aliphatic rings. The van der Waals surface area contributed by atoms with Gasteiger partial charge in [0.15, 0.2) is 0 Å². The number of fused-ring (bicyclic) bond motifs is 1. The number of nitrogens with one attached hydrogen (secondary N) is 1. The molecule has 0 saturated carbocycles. The first-order valence-electron chi connectivity index (χ1n) is 9.74. The summed E-state index contributed by atoms with van der Waals surface area (Å²) in [7, 11) is 1.54. The average Bonchev–Trinajstić information content (AvgIpc) is 2.67. The van der Waals surface area contributed by atoms with E-state index in [1.165, 1.54) is 7.11 Å². The van der Waals surface area contributed by atoms with Gasteiger partial charge >= 0.3 is 6.09 Å². The Labute approximate surface area is 172 Å². The van der Waals surface area contributed by atoms with Gasteiger partial charge in [-0.05, 0) is 44.4 Å². The summed E-state index contributed by atoms with van der Waals surface area (Å²) in [5.74, 6) is -0.0735. The zero-order chi connectivity index (χ0) is 21.0. The van der Waals surface area contributed by atoms with Crippen LogP contribution in [0.15, 0.2) is 59.8 Å². The summed E-state index contributed by atoms with van der Waals surface area (Å²) in [6, 6.07) is 15.9. The first-order valence-corrected chi connectivity index (χ1v) is 9.74. The quantitative estimate of drug-likeness (QED) is 0.557. The van der Waals surface area contributed by atoms with Crippen molar-refractivity contribution < 1.29 is 14.4 Å². The van der Waals surface area contributed by atoms with Crippen LogP contribution in [0.2, 0.25) is 0 Å². The van der Waals surface area contributed by atoms with E-state index in [4.69, 9.17) is 9.57 Å². The molecule has 0 fully saturated rings. The maximum absolute atomic E-state index is 12.6. The average molecular weight is 392 g/mol. The fourth-order valence-corrected chi connectivity index (χ4v) is 3.65. The summed E-state index contributed by atoms with van der Waals surface area (Å²) >= 11 is 0. The number of hydrogen-bond donors (Lipinski definition) is 1. The highest BCUT2D eigenvalue weighted by Gasteiger charge is 2.32. The predicted octanol–water partition coefficient (Wildman–Crippen LogP) is 5.43. The molecule has 0 heterocycles. The number of ether oxygens (including phenoxy) is 1. The lowest BCUT2D eigenvalue weighted by Crippen LogP contribution is -2.38. The zero-order valence-electron chi connectivity index (χ0n) is 17.6. The summed E-state index contributed by atoms with van der Waals surface area (Å²) in [6.45, 7) is 7.50. The molecule has 0 radical (unpaired) electrons. The van der Waals surface area contributed by atoms with Gasteiger partial charge in [0.25, 0.3) is 0 Å². The molecule has 0 bridgehead atoms. The Morgan fingerprint density at radius 2 is 1.69 bits per heavy atom. The van der Waals surface area contributed by atoms with E-state index in [0.717, 1.165) is 28.0 Å². The normalized spacial score (nSPS) is 18.7. The second kappa shape index (κ2) is 8.52. The zero-order valence-corrected chi connectivity index (χ0v) is 17.6. The van der Waals surface area contributed by atoms with Gasteiger partial charge in [0.2, 0.25) is 0 Å². The van der Waals surface area contributed by atoms with E-state index in [2.05, 4.69) is 34.8 Å². The molecule has 1 aliphatic carbocycles. The largest absolute Gasteiger partial charge is 0.444 e. The van der Waals surface area contributed by atoms with Crippen LogP contribution in [-0.2, 0) is 9.57 Å². The maximum atomic E-state index is 12.6. The summed E-state index contributed by atoms with van der Waals surface area (Å²) in [6.07, 6.45) is 3.80. The molecule has 5 heteroatoms. The Bertz CT molecular complexity index is 941. The van der Waals surface area contributed by atoms with Crippen molar-refractivity contribution in [3.63, 3.8) is 0 Å². The third kappa shape index (κ3) is 4.86. The molecule has 1 N–H and O–H groups in total. The number of nitrogens with zero attached hydrogens (tertiary/aromatic N) is 1. The Kier molecular flexibility index (Phi) is 6.06. The second-order valence-corrected chi connectivity index (χ2v) is 8.08. The van der Waals surface area contributed by atoms with Gasteiger partial charge in [-0.25, -0.2) is 4.79 Å². The number of oxime groups is 1. The smallest absolute Gasteiger partial charge is 0.408 e. The maximum Gasteiger partial charge on any atom is 0.408 e. The number of amides is 1. The minimum absolute atomic E-state index is 0.0735. The van der Waals surface area contributed by atoms with E-state index in [9.17, 15) is 4.79 Å². The summed E-state index contributed by atoms with van der Waals surface area (Å²) in [5, 5.41) is 7.20. The van der Waals surface area contributed by atoms with Gasteiger partial charge in [0, 0.05) is 11.5 Å². The molecule has 2 atom stereocenters. The molecule has 2 aromatic rings. The van der Waals surface area contributed by atoms with E-state index in [-0.39, 0.29) is 12.0 Å². The van der Waals surface area contributed by atoms with Crippen molar-refractivity contribution in [3.05, 3.63) is 76.9 Å². The van der Waals surface area contributed by atoms with Crippen molar-refractivity contribution in [2.75, 3.05) is 7.11 Å². The Balaban J connectivity index is 2.04. The first-order chi connectivity index (χ1) is 13.8. The highest BCUT2D eigenvalue weighted by Crippen LogP contribution is 2.40. The molecular formula is C24H28N2O3. The number of carbonyl (C=O) groups is 1. The highest BCUT2D eigenvalue weighted by atomic mass is 16.6. The molecular weight excluding hydrogens is 364 g/mol. The van der Waals surface area contributed by atoms with Crippen molar-refractivity contribution >= 4 is 17.9 Å². The molecule has 0 saturated heterocycles. The minimum Gasteiger partial charge on any atom is -0.444 e. The second-order valence-electron chi connectivity index (χ2n) is 8.08. The SMILES string of the molecule is CO/N=C(\C)c1ccccc1[C@H]1C=Cc2ccccc2C1NC(=O)OC(C)(C)C. The summed E-state index contributed by atoms with van der Waals surface area (Å²) in [5.41, 5.74) is 4.42. The van der Waals surface area contributed by atoms with Crippen LogP contribution >= 0.6 is 0 Å². The van der Waals surface area contributed by atoms with Crippen LogP contribution in [0.5, 0.6) is 0 Å². The molecule has 1 amide bonds. The van der Waals surface area contributed by atoms with Crippen molar-refractivity contribution in [1.82, 2.24) is 5.32 Å². The molecule has 2 aromatic carbocycles. The number of hydrogen-bond acceptors (Lipinski definition) is 4. The number of benzene rings is 2. The number of alkyl carbamates (subject to hydrolysis) is 1. The van der Waals surface area contributed by atoms with Crippen LogP contribution in [-0.4, -0.2) is 24.5 Å². The fraction of sp³-hybridized carbons (Fsp3) is 0.333. The topological polar surface area (TPSA) is 59.9 Å². The van der Waals surface area contributed by atoms with Gasteiger partial charge in [-0.1, -0.05) is 65.8 Å². The van der Waals surface area contributed by atoms with E-state index in [1.54, 1.807) is 0 Å². The van der Waals surface area contributed by atoms with Crippen molar-refractivity contribution in [2.24, 2.45) is 5.16 Å². The molecule has 0 aliphatic heterocycles. The van der Waals surface area contributed by atoms with E-state index in [1.807, 2.05) is 64.1 Å². The Morgan fingerprint density at radius 3 is 2.38 bits per heavy atom. The van der Waals surface area contributed by atoms with Crippen molar-refractivity contribution in [2.45, 2.75) is 45.3 Å². The van der Waals surface area contributed by atoms with Crippen LogP contribution in [0.4, 0.5) is 4.79 Å². The van der Waals surface area contributed by atoms with Gasteiger partial charge in [-0.15, -0.1) is 0 Å². The lowest BCUT2D eigenvalue weighted by atomic mass is 9.79.